The van der Waals surface area contributed by atoms with Crippen molar-refractivity contribution in [2.24, 2.45) is 0 Å². The lowest BCUT2D eigenvalue weighted by Gasteiger charge is -2.13. The second-order valence-corrected chi connectivity index (χ2v) is 6.13. The number of nitrogens with zero attached hydrogens (tertiary/aromatic N) is 3. The maximum absolute atomic E-state index is 10.8. The number of aliphatic hydroxyl groups excluding tert-OH is 1. The first-order valence-corrected chi connectivity index (χ1v) is 8.50. The van der Waals surface area contributed by atoms with Crippen molar-refractivity contribution in [3.63, 3.8) is 0 Å². The molecule has 0 fully saturated rings. The average molecular weight is 352 g/mol. The first kappa shape index (κ1) is 16.7. The lowest BCUT2D eigenvalue weighted by molar-refractivity contribution is 0.215. The molecule has 1 atom stereocenters. The summed E-state index contributed by atoms with van der Waals surface area (Å²) in [6.07, 6.45) is 0.762. The van der Waals surface area contributed by atoms with Crippen LogP contribution in [0.25, 0.3) is 10.8 Å². The van der Waals surface area contributed by atoms with Crippen molar-refractivity contribution < 1.29 is 5.11 Å². The van der Waals surface area contributed by atoms with Gasteiger partial charge in [-0.2, -0.15) is 5.26 Å². The molecule has 0 aliphatic heterocycles. The van der Waals surface area contributed by atoms with Crippen LogP contribution in [0.2, 0.25) is 0 Å². The number of nitrogens with one attached hydrogen (secondary N) is 1. The van der Waals surface area contributed by atoms with E-state index in [2.05, 4.69) is 21.4 Å². The fourth-order valence-electron chi connectivity index (χ4n) is 2.89. The first-order valence-electron chi connectivity index (χ1n) is 8.50. The van der Waals surface area contributed by atoms with E-state index in [1.54, 1.807) is 36.5 Å². The van der Waals surface area contributed by atoms with E-state index in [1.165, 1.54) is 0 Å². The van der Waals surface area contributed by atoms with Gasteiger partial charge in [0.1, 0.15) is 6.10 Å². The number of benzene rings is 3. The molecule has 4 rings (SSSR count). The summed E-state index contributed by atoms with van der Waals surface area (Å²) in [4.78, 5) is 8.63. The molecule has 4 aromatic rings. The summed E-state index contributed by atoms with van der Waals surface area (Å²) in [5.41, 5.74) is 2.64. The Bertz CT molecular complexity index is 1130. The summed E-state index contributed by atoms with van der Waals surface area (Å²) in [6.45, 7) is 0. The minimum absolute atomic E-state index is 0.386. The number of aliphatic hydroxyl groups is 1. The number of rotatable bonds is 4. The first-order chi connectivity index (χ1) is 13.2. The third kappa shape index (κ3) is 3.61. The van der Waals surface area contributed by atoms with Crippen LogP contribution in [0.15, 0.2) is 79.0 Å². The molecule has 0 bridgehead atoms. The molecular weight excluding hydrogens is 336 g/mol. The summed E-state index contributed by atoms with van der Waals surface area (Å²) in [6, 6.07) is 24.7. The Morgan fingerprint density at radius 3 is 2.48 bits per heavy atom. The molecule has 27 heavy (non-hydrogen) atoms. The zero-order valence-corrected chi connectivity index (χ0v) is 14.4. The maximum Gasteiger partial charge on any atom is 0.227 e. The van der Waals surface area contributed by atoms with E-state index in [-0.39, 0.29) is 0 Å². The molecule has 0 radical (unpaired) electrons. The van der Waals surface area contributed by atoms with E-state index < -0.39 is 6.10 Å². The Labute approximate surface area is 156 Å². The Morgan fingerprint density at radius 2 is 1.70 bits per heavy atom. The smallest absolute Gasteiger partial charge is 0.227 e. The van der Waals surface area contributed by atoms with Gasteiger partial charge in [-0.15, -0.1) is 0 Å². The highest BCUT2D eigenvalue weighted by molar-refractivity contribution is 5.83. The highest BCUT2D eigenvalue weighted by Crippen LogP contribution is 2.25. The quantitative estimate of drug-likeness (QED) is 0.571. The van der Waals surface area contributed by atoms with Crippen LogP contribution >= 0.6 is 0 Å². The van der Waals surface area contributed by atoms with Gasteiger partial charge in [0.25, 0.3) is 0 Å². The van der Waals surface area contributed by atoms with Gasteiger partial charge < -0.3 is 10.4 Å². The predicted molar refractivity (Wildman–Crippen MR) is 104 cm³/mol. The molecule has 130 valence electrons. The van der Waals surface area contributed by atoms with Crippen molar-refractivity contribution in [1.82, 2.24) is 9.97 Å². The summed E-state index contributed by atoms with van der Waals surface area (Å²) < 4.78 is 0. The minimum atomic E-state index is -0.848. The average Bonchev–Trinajstić information content (AvgIpc) is 2.73. The Balaban J connectivity index is 1.59. The van der Waals surface area contributed by atoms with Gasteiger partial charge in [-0.25, -0.2) is 9.97 Å². The van der Waals surface area contributed by atoms with Gasteiger partial charge in [-0.3, -0.25) is 0 Å². The normalized spacial score (nSPS) is 11.7. The molecule has 0 spiro atoms. The van der Waals surface area contributed by atoms with Gasteiger partial charge in [0.15, 0.2) is 0 Å². The van der Waals surface area contributed by atoms with E-state index in [4.69, 9.17) is 5.26 Å². The van der Waals surface area contributed by atoms with Crippen molar-refractivity contribution in [1.29, 1.82) is 5.26 Å². The van der Waals surface area contributed by atoms with Gasteiger partial charge in [-0.05, 0) is 52.7 Å². The topological polar surface area (TPSA) is 81.8 Å². The number of fused-ring (bicyclic) bond motifs is 1. The highest BCUT2D eigenvalue weighted by Gasteiger charge is 2.13. The van der Waals surface area contributed by atoms with E-state index >= 15 is 0 Å². The SMILES string of the molecule is N#Cc1ccc(Nc2nccc(C(O)c3ccc4ccccc4c3)n2)cc1. The molecule has 5 heteroatoms. The molecule has 0 saturated heterocycles. The molecule has 0 saturated carbocycles. The van der Waals surface area contributed by atoms with E-state index in [0.717, 1.165) is 22.0 Å². The number of hydrogen-bond donors (Lipinski definition) is 2. The fraction of sp³-hybridized carbons (Fsp3) is 0.0455. The second kappa shape index (κ2) is 7.24. The largest absolute Gasteiger partial charge is 0.382 e. The van der Waals surface area contributed by atoms with Gasteiger partial charge in [0, 0.05) is 11.9 Å². The number of aromatic nitrogens is 2. The molecule has 1 aromatic heterocycles. The molecule has 0 aliphatic carbocycles. The van der Waals surface area contributed by atoms with Crippen LogP contribution in [-0.2, 0) is 0 Å². The monoisotopic (exact) mass is 352 g/mol. The van der Waals surface area contributed by atoms with E-state index in [0.29, 0.717) is 17.2 Å². The number of hydrogen-bond acceptors (Lipinski definition) is 5. The molecule has 2 N–H and O–H groups in total. The number of nitriles is 1. The van der Waals surface area contributed by atoms with Crippen LogP contribution in [0.4, 0.5) is 11.6 Å². The second-order valence-electron chi connectivity index (χ2n) is 6.13. The summed E-state index contributed by atoms with van der Waals surface area (Å²) >= 11 is 0. The Morgan fingerprint density at radius 1 is 0.926 bits per heavy atom. The van der Waals surface area contributed by atoms with Crippen LogP contribution in [0, 0.1) is 11.3 Å². The summed E-state index contributed by atoms with van der Waals surface area (Å²) in [7, 11) is 0. The van der Waals surface area contributed by atoms with Crippen molar-refractivity contribution >= 4 is 22.4 Å². The molecule has 0 amide bonds. The molecule has 1 unspecified atom stereocenters. The summed E-state index contributed by atoms with van der Waals surface area (Å²) in [5.74, 6) is 0.386. The van der Waals surface area contributed by atoms with Crippen LogP contribution in [0.5, 0.6) is 0 Å². The van der Waals surface area contributed by atoms with Crippen molar-refractivity contribution in [3.05, 3.63) is 95.8 Å². The third-order valence-corrected chi connectivity index (χ3v) is 4.32. The zero-order valence-electron chi connectivity index (χ0n) is 14.4. The molecular formula is C22H16N4O. The van der Waals surface area contributed by atoms with Gasteiger partial charge in [-0.1, -0.05) is 36.4 Å². The predicted octanol–water partition coefficient (Wildman–Crippen LogP) is 4.33. The lowest BCUT2D eigenvalue weighted by atomic mass is 10.0. The lowest BCUT2D eigenvalue weighted by Crippen LogP contribution is -2.05. The van der Waals surface area contributed by atoms with E-state index in [1.807, 2.05) is 42.5 Å². The minimum Gasteiger partial charge on any atom is -0.382 e. The van der Waals surface area contributed by atoms with Crippen molar-refractivity contribution in [2.45, 2.75) is 6.10 Å². The van der Waals surface area contributed by atoms with Gasteiger partial charge >= 0.3 is 0 Å². The molecule has 1 heterocycles. The molecule has 0 aliphatic rings. The van der Waals surface area contributed by atoms with Crippen molar-refractivity contribution in [2.75, 3.05) is 5.32 Å². The van der Waals surface area contributed by atoms with E-state index in [9.17, 15) is 5.11 Å². The maximum atomic E-state index is 10.8. The van der Waals surface area contributed by atoms with Crippen LogP contribution in [0.1, 0.15) is 22.9 Å². The standard InChI is InChI=1S/C22H16N4O/c23-14-15-5-9-19(10-6-15)25-22-24-12-11-20(26-22)21(27)18-8-7-16-3-1-2-4-17(16)13-18/h1-13,21,27H,(H,24,25,26). The Hall–Kier alpha value is -3.75. The summed E-state index contributed by atoms with van der Waals surface area (Å²) in [5, 5.41) is 24.9. The molecule has 5 nitrogen and oxygen atoms in total. The van der Waals surface area contributed by atoms with Crippen LogP contribution < -0.4 is 5.32 Å². The zero-order chi connectivity index (χ0) is 18.6. The van der Waals surface area contributed by atoms with Crippen LogP contribution in [0.3, 0.4) is 0 Å². The fourth-order valence-corrected chi connectivity index (χ4v) is 2.89. The van der Waals surface area contributed by atoms with Crippen molar-refractivity contribution in [3.8, 4) is 6.07 Å². The Kier molecular flexibility index (Phi) is 4.48. The van der Waals surface area contributed by atoms with Gasteiger partial charge in [0.05, 0.1) is 17.3 Å². The number of anilines is 2. The molecule has 3 aromatic carbocycles. The van der Waals surface area contributed by atoms with Gasteiger partial charge in [0.2, 0.25) is 5.95 Å². The van der Waals surface area contributed by atoms with Crippen LogP contribution in [-0.4, -0.2) is 15.1 Å². The third-order valence-electron chi connectivity index (χ3n) is 4.32. The highest BCUT2D eigenvalue weighted by atomic mass is 16.3.